The molecule has 2 aliphatic rings. The van der Waals surface area contributed by atoms with Crippen LogP contribution in [0.3, 0.4) is 0 Å². The Morgan fingerprint density at radius 1 is 0.556 bits per heavy atom. The molecule has 0 radical (unpaired) electrons. The Kier molecular flexibility index (Phi) is 13.1. The van der Waals surface area contributed by atoms with Crippen LogP contribution in [0.25, 0.3) is 0 Å². The molecule has 2 fully saturated rings. The summed E-state index contributed by atoms with van der Waals surface area (Å²) in [6, 6.07) is 3.05. The normalized spacial score (nSPS) is 35.3. The first kappa shape index (κ1) is 20.8. The molecule has 112 valence electrons. The van der Waals surface area contributed by atoms with Crippen LogP contribution < -0.4 is 10.6 Å². The lowest BCUT2D eigenvalue weighted by atomic mass is 10.0. The maximum absolute atomic E-state index is 3.48. The Balaban J connectivity index is 0. The van der Waals surface area contributed by atoms with Crippen molar-refractivity contribution in [2.45, 2.75) is 90.4 Å². The molecule has 0 saturated carbocycles. The van der Waals surface area contributed by atoms with Gasteiger partial charge in [0.25, 0.3) is 0 Å². The topological polar surface area (TPSA) is 24.1 Å². The van der Waals surface area contributed by atoms with Crippen LogP contribution in [0.1, 0.15) is 66.2 Å². The molecule has 0 bridgehead atoms. The average Bonchev–Trinajstić information content (AvgIpc) is 2.17. The van der Waals surface area contributed by atoms with E-state index < -0.39 is 0 Å². The van der Waals surface area contributed by atoms with Gasteiger partial charge >= 0.3 is 0 Å². The smallest absolute Gasteiger partial charge is 0.00412 e. The molecule has 4 atom stereocenters. The molecule has 2 N–H and O–H groups in total. The molecule has 0 amide bonds. The zero-order valence-corrected chi connectivity index (χ0v) is 14.0. The number of hydrogen-bond acceptors (Lipinski definition) is 2. The number of rotatable bonds is 0. The van der Waals surface area contributed by atoms with E-state index >= 15 is 0 Å². The molecule has 0 unspecified atom stereocenters. The first-order valence-electron chi connectivity index (χ1n) is 7.10. The van der Waals surface area contributed by atoms with Gasteiger partial charge in [-0.25, -0.2) is 0 Å². The van der Waals surface area contributed by atoms with E-state index in [-0.39, 0.29) is 24.8 Å². The molecule has 2 aliphatic heterocycles. The molecule has 0 aliphatic carbocycles. The minimum absolute atomic E-state index is 0. The Morgan fingerprint density at radius 2 is 0.778 bits per heavy atom. The lowest BCUT2D eigenvalue weighted by molar-refractivity contribution is 0.352. The van der Waals surface area contributed by atoms with Crippen LogP contribution in [0.5, 0.6) is 0 Å². The van der Waals surface area contributed by atoms with Crippen LogP contribution in [0.4, 0.5) is 0 Å². The third kappa shape index (κ3) is 9.43. The van der Waals surface area contributed by atoms with Crippen molar-refractivity contribution in [2.24, 2.45) is 0 Å². The second-order valence-electron chi connectivity index (χ2n) is 5.80. The second-order valence-corrected chi connectivity index (χ2v) is 5.80. The summed E-state index contributed by atoms with van der Waals surface area (Å²) in [5.41, 5.74) is 0. The van der Waals surface area contributed by atoms with Crippen molar-refractivity contribution in [3.63, 3.8) is 0 Å². The van der Waals surface area contributed by atoms with Crippen molar-refractivity contribution in [3.8, 4) is 0 Å². The lowest BCUT2D eigenvalue weighted by Crippen LogP contribution is -2.38. The maximum atomic E-state index is 3.48. The van der Waals surface area contributed by atoms with Gasteiger partial charge in [-0.3, -0.25) is 0 Å². The molecule has 2 heterocycles. The quantitative estimate of drug-likeness (QED) is 0.708. The van der Waals surface area contributed by atoms with Gasteiger partial charge in [0.05, 0.1) is 0 Å². The highest BCUT2D eigenvalue weighted by atomic mass is 35.5. The van der Waals surface area contributed by atoms with Crippen LogP contribution in [-0.2, 0) is 0 Å². The summed E-state index contributed by atoms with van der Waals surface area (Å²) >= 11 is 0. The van der Waals surface area contributed by atoms with Gasteiger partial charge in [0.1, 0.15) is 0 Å². The van der Waals surface area contributed by atoms with Gasteiger partial charge in [0.2, 0.25) is 0 Å². The monoisotopic (exact) mass is 298 g/mol. The minimum atomic E-state index is 0. The SMILES string of the molecule is C[C@@H]1CCC[C@@H](C)N1.C[C@H]1CCC[C@H](C)N1.Cl.Cl. The number of hydrogen-bond donors (Lipinski definition) is 2. The Bertz CT molecular complexity index is 155. The van der Waals surface area contributed by atoms with E-state index in [2.05, 4.69) is 38.3 Å². The molecule has 2 saturated heterocycles. The summed E-state index contributed by atoms with van der Waals surface area (Å²) in [7, 11) is 0. The molecule has 2 rings (SSSR count). The van der Waals surface area contributed by atoms with Crippen LogP contribution in [0, 0.1) is 0 Å². The van der Waals surface area contributed by atoms with Crippen molar-refractivity contribution in [3.05, 3.63) is 0 Å². The fraction of sp³-hybridized carbons (Fsp3) is 1.00. The lowest BCUT2D eigenvalue weighted by Gasteiger charge is -2.25. The molecule has 18 heavy (non-hydrogen) atoms. The Morgan fingerprint density at radius 3 is 0.889 bits per heavy atom. The summed E-state index contributed by atoms with van der Waals surface area (Å²) in [6.07, 6.45) is 8.29. The third-order valence-electron chi connectivity index (χ3n) is 3.69. The van der Waals surface area contributed by atoms with Crippen molar-refractivity contribution < 1.29 is 0 Å². The first-order valence-corrected chi connectivity index (χ1v) is 7.10. The zero-order valence-electron chi connectivity index (χ0n) is 12.4. The van der Waals surface area contributed by atoms with Gasteiger partial charge in [-0.05, 0) is 53.4 Å². The van der Waals surface area contributed by atoms with Crippen molar-refractivity contribution in [1.29, 1.82) is 0 Å². The van der Waals surface area contributed by atoms with E-state index in [4.69, 9.17) is 0 Å². The molecular formula is C14H32Cl2N2. The molecule has 0 aromatic heterocycles. The zero-order chi connectivity index (χ0) is 12.0. The summed E-state index contributed by atoms with van der Waals surface area (Å²) < 4.78 is 0. The van der Waals surface area contributed by atoms with E-state index in [1.807, 2.05) is 0 Å². The van der Waals surface area contributed by atoms with Crippen molar-refractivity contribution >= 4 is 24.8 Å². The van der Waals surface area contributed by atoms with Crippen LogP contribution in [-0.4, -0.2) is 24.2 Å². The predicted molar refractivity (Wildman–Crippen MR) is 86.3 cm³/mol. The van der Waals surface area contributed by atoms with Gasteiger partial charge in [0.15, 0.2) is 0 Å². The maximum Gasteiger partial charge on any atom is 0.00412 e. The minimum Gasteiger partial charge on any atom is -0.312 e. The van der Waals surface area contributed by atoms with Gasteiger partial charge in [0, 0.05) is 24.2 Å². The second kappa shape index (κ2) is 11.3. The van der Waals surface area contributed by atoms with Gasteiger partial charge in [-0.15, -0.1) is 24.8 Å². The van der Waals surface area contributed by atoms with E-state index in [1.165, 1.54) is 38.5 Å². The summed E-state index contributed by atoms with van der Waals surface area (Å²) in [5.74, 6) is 0. The molecular weight excluding hydrogens is 267 g/mol. The highest BCUT2D eigenvalue weighted by Crippen LogP contribution is 2.11. The molecule has 0 aromatic rings. The number of piperidine rings is 2. The number of nitrogens with one attached hydrogen (secondary N) is 2. The fourth-order valence-electron chi connectivity index (χ4n) is 2.77. The van der Waals surface area contributed by atoms with Crippen LogP contribution >= 0.6 is 24.8 Å². The summed E-state index contributed by atoms with van der Waals surface area (Å²) in [6.45, 7) is 9.04. The van der Waals surface area contributed by atoms with Gasteiger partial charge < -0.3 is 10.6 Å². The molecule has 4 heteroatoms. The fourth-order valence-corrected chi connectivity index (χ4v) is 2.77. The molecule has 2 nitrogen and oxygen atoms in total. The van der Waals surface area contributed by atoms with E-state index in [9.17, 15) is 0 Å². The third-order valence-corrected chi connectivity index (χ3v) is 3.69. The largest absolute Gasteiger partial charge is 0.312 e. The van der Waals surface area contributed by atoms with Gasteiger partial charge in [-0.2, -0.15) is 0 Å². The highest BCUT2D eigenvalue weighted by Gasteiger charge is 2.12. The predicted octanol–water partition coefficient (Wildman–Crippen LogP) is 3.92. The van der Waals surface area contributed by atoms with E-state index in [0.717, 1.165) is 24.2 Å². The van der Waals surface area contributed by atoms with Crippen molar-refractivity contribution in [1.82, 2.24) is 10.6 Å². The first-order chi connectivity index (χ1) is 7.58. The average molecular weight is 299 g/mol. The molecule has 0 spiro atoms. The van der Waals surface area contributed by atoms with Crippen LogP contribution in [0.2, 0.25) is 0 Å². The highest BCUT2D eigenvalue weighted by molar-refractivity contribution is 5.85. The van der Waals surface area contributed by atoms with E-state index in [1.54, 1.807) is 0 Å². The van der Waals surface area contributed by atoms with Crippen molar-refractivity contribution in [2.75, 3.05) is 0 Å². The Labute approximate surface area is 126 Å². The molecule has 0 aromatic carbocycles. The van der Waals surface area contributed by atoms with E-state index in [0.29, 0.717) is 0 Å². The number of halogens is 2. The standard InChI is InChI=1S/2C7H15N.2ClH/c2*1-6-4-3-5-7(2)8-6;;/h2*6-8H,3-5H2,1-2H3;2*1H/t2*6-,7-;;/m10../s1. The van der Waals surface area contributed by atoms with Crippen LogP contribution in [0.15, 0.2) is 0 Å². The Hall–Kier alpha value is 0.500. The summed E-state index contributed by atoms with van der Waals surface area (Å²) in [4.78, 5) is 0. The summed E-state index contributed by atoms with van der Waals surface area (Å²) in [5, 5.41) is 6.96. The van der Waals surface area contributed by atoms with Gasteiger partial charge in [-0.1, -0.05) is 12.8 Å².